The summed E-state index contributed by atoms with van der Waals surface area (Å²) in [5, 5.41) is 2.83. The summed E-state index contributed by atoms with van der Waals surface area (Å²) in [6, 6.07) is 14.2. The van der Waals surface area contributed by atoms with Gasteiger partial charge in [-0.25, -0.2) is 4.98 Å². The molecule has 7 nitrogen and oxygen atoms in total. The Bertz CT molecular complexity index is 991. The van der Waals surface area contributed by atoms with Crippen LogP contribution in [0.5, 0.6) is 0 Å². The summed E-state index contributed by atoms with van der Waals surface area (Å²) in [5.74, 6) is -0.751. The van der Waals surface area contributed by atoms with E-state index in [1.807, 2.05) is 35.0 Å². The summed E-state index contributed by atoms with van der Waals surface area (Å²) in [7, 11) is 0. The number of aromatic nitrogens is 2. The molecule has 4 rings (SSSR count). The van der Waals surface area contributed by atoms with Gasteiger partial charge in [0.1, 0.15) is 0 Å². The number of anilines is 1. The molecule has 140 valence electrons. The third-order valence-corrected chi connectivity index (χ3v) is 4.62. The van der Waals surface area contributed by atoms with Gasteiger partial charge < -0.3 is 9.88 Å². The van der Waals surface area contributed by atoms with Crippen LogP contribution in [0.15, 0.2) is 67.3 Å². The largest absolute Gasteiger partial charge is 0.326 e. The highest BCUT2D eigenvalue weighted by molar-refractivity contribution is 6.21. The van der Waals surface area contributed by atoms with Crippen LogP contribution in [0.1, 0.15) is 33.6 Å². The molecule has 2 aromatic carbocycles. The maximum Gasteiger partial charge on any atom is 0.261 e. The molecule has 0 atom stereocenters. The Kier molecular flexibility index (Phi) is 4.72. The third-order valence-electron chi connectivity index (χ3n) is 4.62. The van der Waals surface area contributed by atoms with Gasteiger partial charge in [-0.05, 0) is 42.8 Å². The maximum absolute atomic E-state index is 12.3. The standard InChI is InChI=1S/C21H18N4O3/c26-19(23-15-7-9-16(10-8-15)24-13-11-22-14-24)6-3-12-25-20(27)17-4-1-2-5-18(17)21(25)28/h1-2,4-5,7-11,13-14H,3,6,12H2,(H,23,26). The molecule has 3 aromatic rings. The predicted molar refractivity (Wildman–Crippen MR) is 103 cm³/mol. The number of fused-ring (bicyclic) bond motifs is 1. The van der Waals surface area contributed by atoms with Gasteiger partial charge >= 0.3 is 0 Å². The average Bonchev–Trinajstić information content (AvgIpc) is 3.32. The quantitative estimate of drug-likeness (QED) is 0.673. The molecule has 0 unspecified atom stereocenters. The highest BCUT2D eigenvalue weighted by atomic mass is 16.2. The lowest BCUT2D eigenvalue weighted by Crippen LogP contribution is -2.31. The van der Waals surface area contributed by atoms with E-state index in [-0.39, 0.29) is 30.7 Å². The number of imide groups is 1. The molecule has 1 aromatic heterocycles. The number of amides is 3. The van der Waals surface area contributed by atoms with Crippen molar-refractivity contribution < 1.29 is 14.4 Å². The predicted octanol–water partition coefficient (Wildman–Crippen LogP) is 2.89. The average molecular weight is 374 g/mol. The molecule has 0 aliphatic carbocycles. The topological polar surface area (TPSA) is 84.3 Å². The van der Waals surface area contributed by atoms with Gasteiger partial charge in [-0.1, -0.05) is 12.1 Å². The number of hydrogen-bond donors (Lipinski definition) is 1. The molecule has 1 aliphatic rings. The molecule has 0 fully saturated rings. The lowest BCUT2D eigenvalue weighted by Gasteiger charge is -2.13. The molecule has 3 amide bonds. The Morgan fingerprint density at radius 3 is 2.25 bits per heavy atom. The second kappa shape index (κ2) is 7.48. The fourth-order valence-electron chi connectivity index (χ4n) is 3.19. The van der Waals surface area contributed by atoms with Crippen molar-refractivity contribution in [1.82, 2.24) is 14.5 Å². The van der Waals surface area contributed by atoms with E-state index in [0.717, 1.165) is 5.69 Å². The molecule has 0 radical (unpaired) electrons. The van der Waals surface area contributed by atoms with Crippen LogP contribution in [0.3, 0.4) is 0 Å². The molecule has 7 heteroatoms. The van der Waals surface area contributed by atoms with Crippen LogP contribution >= 0.6 is 0 Å². The van der Waals surface area contributed by atoms with Gasteiger partial charge in [0, 0.05) is 36.7 Å². The minimum atomic E-state index is -0.295. The van der Waals surface area contributed by atoms with Crippen molar-refractivity contribution >= 4 is 23.4 Å². The van der Waals surface area contributed by atoms with Gasteiger partial charge in [-0.2, -0.15) is 0 Å². The van der Waals surface area contributed by atoms with Crippen LogP contribution in [0.2, 0.25) is 0 Å². The summed E-state index contributed by atoms with van der Waals surface area (Å²) >= 11 is 0. The van der Waals surface area contributed by atoms with Gasteiger partial charge in [-0.3, -0.25) is 19.3 Å². The fourth-order valence-corrected chi connectivity index (χ4v) is 3.19. The number of carbonyl (C=O) groups excluding carboxylic acids is 3. The molecule has 28 heavy (non-hydrogen) atoms. The first kappa shape index (κ1) is 17.7. The van der Waals surface area contributed by atoms with E-state index in [1.165, 1.54) is 4.90 Å². The normalized spacial score (nSPS) is 12.9. The molecule has 0 saturated carbocycles. The van der Waals surface area contributed by atoms with E-state index in [4.69, 9.17) is 0 Å². The Morgan fingerprint density at radius 2 is 1.64 bits per heavy atom. The van der Waals surface area contributed by atoms with E-state index in [2.05, 4.69) is 10.3 Å². The first-order valence-electron chi connectivity index (χ1n) is 8.97. The number of rotatable bonds is 6. The Hall–Kier alpha value is -3.74. The van der Waals surface area contributed by atoms with Crippen molar-refractivity contribution in [3.05, 3.63) is 78.4 Å². The highest BCUT2D eigenvalue weighted by Gasteiger charge is 2.34. The second-order valence-electron chi connectivity index (χ2n) is 6.48. The van der Waals surface area contributed by atoms with Crippen molar-refractivity contribution in [2.24, 2.45) is 0 Å². The number of nitrogens with zero attached hydrogens (tertiary/aromatic N) is 3. The van der Waals surface area contributed by atoms with E-state index in [9.17, 15) is 14.4 Å². The summed E-state index contributed by atoms with van der Waals surface area (Å²) in [4.78, 5) is 42.0. The number of nitrogens with one attached hydrogen (secondary N) is 1. The highest BCUT2D eigenvalue weighted by Crippen LogP contribution is 2.22. The van der Waals surface area contributed by atoms with Crippen LogP contribution in [-0.4, -0.2) is 38.7 Å². The van der Waals surface area contributed by atoms with Crippen molar-refractivity contribution in [3.8, 4) is 5.69 Å². The van der Waals surface area contributed by atoms with Crippen LogP contribution in [0.4, 0.5) is 5.69 Å². The minimum absolute atomic E-state index is 0.160. The summed E-state index contributed by atoms with van der Waals surface area (Å²) < 4.78 is 1.87. The molecule has 0 bridgehead atoms. The SMILES string of the molecule is O=C(CCCN1C(=O)c2ccccc2C1=O)Nc1ccc(-n2ccnc2)cc1. The van der Waals surface area contributed by atoms with Gasteiger partial charge in [0.05, 0.1) is 17.5 Å². The molecular formula is C21H18N4O3. The van der Waals surface area contributed by atoms with Gasteiger partial charge in [0.25, 0.3) is 11.8 Å². The zero-order valence-electron chi connectivity index (χ0n) is 15.0. The first-order chi connectivity index (χ1) is 13.6. The first-order valence-corrected chi connectivity index (χ1v) is 8.97. The second-order valence-corrected chi connectivity index (χ2v) is 6.48. The zero-order chi connectivity index (χ0) is 19.5. The summed E-state index contributed by atoms with van der Waals surface area (Å²) in [6.45, 7) is 0.222. The van der Waals surface area contributed by atoms with Crippen molar-refractivity contribution in [2.45, 2.75) is 12.8 Å². The molecule has 0 spiro atoms. The molecular weight excluding hydrogens is 356 g/mol. The number of carbonyl (C=O) groups is 3. The van der Waals surface area contributed by atoms with Crippen molar-refractivity contribution in [3.63, 3.8) is 0 Å². The molecule has 0 saturated heterocycles. The van der Waals surface area contributed by atoms with Gasteiger partial charge in [0.15, 0.2) is 0 Å². The lowest BCUT2D eigenvalue weighted by atomic mass is 10.1. The van der Waals surface area contributed by atoms with Gasteiger partial charge in [-0.15, -0.1) is 0 Å². The molecule has 1 N–H and O–H groups in total. The Labute approximate surface area is 161 Å². The van der Waals surface area contributed by atoms with Crippen LogP contribution in [0.25, 0.3) is 5.69 Å². The van der Waals surface area contributed by atoms with Crippen LogP contribution in [-0.2, 0) is 4.79 Å². The lowest BCUT2D eigenvalue weighted by molar-refractivity contribution is -0.116. The van der Waals surface area contributed by atoms with Crippen LogP contribution in [0, 0.1) is 0 Å². The summed E-state index contributed by atoms with van der Waals surface area (Å²) in [5.41, 5.74) is 2.49. The maximum atomic E-state index is 12.3. The zero-order valence-corrected chi connectivity index (χ0v) is 15.0. The minimum Gasteiger partial charge on any atom is -0.326 e. The monoisotopic (exact) mass is 374 g/mol. The van der Waals surface area contributed by atoms with E-state index < -0.39 is 0 Å². The Balaban J connectivity index is 1.28. The smallest absolute Gasteiger partial charge is 0.261 e. The number of benzene rings is 2. The van der Waals surface area contributed by atoms with Crippen LogP contribution < -0.4 is 5.32 Å². The fraction of sp³-hybridized carbons (Fsp3) is 0.143. The van der Waals surface area contributed by atoms with Gasteiger partial charge in [0.2, 0.25) is 5.91 Å². The van der Waals surface area contributed by atoms with Crippen molar-refractivity contribution in [1.29, 1.82) is 0 Å². The number of hydrogen-bond acceptors (Lipinski definition) is 4. The molecule has 2 heterocycles. The van der Waals surface area contributed by atoms with E-state index in [1.54, 1.807) is 36.8 Å². The summed E-state index contributed by atoms with van der Waals surface area (Å²) in [6.07, 6.45) is 5.87. The van der Waals surface area contributed by atoms with E-state index in [0.29, 0.717) is 23.2 Å². The Morgan fingerprint density at radius 1 is 0.964 bits per heavy atom. The number of imidazole rings is 1. The third kappa shape index (κ3) is 3.42. The van der Waals surface area contributed by atoms with Crippen molar-refractivity contribution in [2.75, 3.05) is 11.9 Å². The van der Waals surface area contributed by atoms with E-state index >= 15 is 0 Å². The molecule has 1 aliphatic heterocycles.